The van der Waals surface area contributed by atoms with Gasteiger partial charge in [-0.3, -0.25) is 9.59 Å². The second-order valence-corrected chi connectivity index (χ2v) is 4.15. The summed E-state index contributed by atoms with van der Waals surface area (Å²) in [5, 5.41) is 2.58. The Labute approximate surface area is 125 Å². The SMILES string of the molecule is CCCOCCOCCOCCNC(=O)COCC(N)=O. The molecule has 124 valence electrons. The van der Waals surface area contributed by atoms with Crippen molar-refractivity contribution in [2.24, 2.45) is 5.73 Å². The molecule has 0 radical (unpaired) electrons. The maximum Gasteiger partial charge on any atom is 0.246 e. The Morgan fingerprint density at radius 3 is 2.00 bits per heavy atom. The van der Waals surface area contributed by atoms with E-state index in [1.165, 1.54) is 0 Å². The number of hydrogen-bond acceptors (Lipinski definition) is 6. The Kier molecular flexibility index (Phi) is 14.3. The van der Waals surface area contributed by atoms with E-state index in [0.29, 0.717) is 39.6 Å². The van der Waals surface area contributed by atoms with E-state index in [1.54, 1.807) is 0 Å². The zero-order valence-corrected chi connectivity index (χ0v) is 12.6. The number of hydrogen-bond donors (Lipinski definition) is 2. The van der Waals surface area contributed by atoms with E-state index in [0.717, 1.165) is 13.0 Å². The second kappa shape index (κ2) is 15.2. The first kappa shape index (κ1) is 19.8. The van der Waals surface area contributed by atoms with Crippen molar-refractivity contribution in [2.45, 2.75) is 13.3 Å². The van der Waals surface area contributed by atoms with Crippen LogP contribution in [-0.4, -0.2) is 71.2 Å². The van der Waals surface area contributed by atoms with Gasteiger partial charge in [-0.1, -0.05) is 6.92 Å². The highest BCUT2D eigenvalue weighted by molar-refractivity contribution is 5.78. The van der Waals surface area contributed by atoms with E-state index in [9.17, 15) is 9.59 Å². The first-order valence-corrected chi connectivity index (χ1v) is 7.02. The molecule has 0 unspecified atom stereocenters. The predicted molar refractivity (Wildman–Crippen MR) is 75.8 cm³/mol. The van der Waals surface area contributed by atoms with Gasteiger partial charge in [0.15, 0.2) is 0 Å². The van der Waals surface area contributed by atoms with E-state index in [1.807, 2.05) is 0 Å². The maximum absolute atomic E-state index is 11.2. The number of rotatable bonds is 15. The zero-order valence-electron chi connectivity index (χ0n) is 12.6. The molecule has 0 heterocycles. The van der Waals surface area contributed by atoms with Crippen molar-refractivity contribution in [3.05, 3.63) is 0 Å². The van der Waals surface area contributed by atoms with Crippen LogP contribution in [0.1, 0.15) is 13.3 Å². The fraction of sp³-hybridized carbons (Fsp3) is 0.846. The molecule has 0 aliphatic carbocycles. The summed E-state index contributed by atoms with van der Waals surface area (Å²) >= 11 is 0. The highest BCUT2D eigenvalue weighted by atomic mass is 16.5. The number of carbonyl (C=O) groups is 2. The van der Waals surface area contributed by atoms with Gasteiger partial charge in [-0.2, -0.15) is 0 Å². The van der Waals surface area contributed by atoms with Crippen LogP contribution in [0.2, 0.25) is 0 Å². The first-order valence-electron chi connectivity index (χ1n) is 7.02. The Hall–Kier alpha value is -1.22. The number of carbonyl (C=O) groups excluding carboxylic acids is 2. The summed E-state index contributed by atoms with van der Waals surface area (Å²) in [5.41, 5.74) is 4.86. The van der Waals surface area contributed by atoms with Gasteiger partial charge >= 0.3 is 0 Å². The molecule has 8 nitrogen and oxygen atoms in total. The standard InChI is InChI=1S/C13H26N2O6/c1-2-4-18-6-8-20-9-7-19-5-3-15-13(17)11-21-10-12(14)16/h2-11H2,1H3,(H2,14,16)(H,15,17). The maximum atomic E-state index is 11.2. The highest BCUT2D eigenvalue weighted by Crippen LogP contribution is 1.83. The zero-order chi connectivity index (χ0) is 15.8. The van der Waals surface area contributed by atoms with E-state index >= 15 is 0 Å². The van der Waals surface area contributed by atoms with Gasteiger partial charge in [0, 0.05) is 13.2 Å². The van der Waals surface area contributed by atoms with Crippen molar-refractivity contribution >= 4 is 11.8 Å². The number of nitrogens with one attached hydrogen (secondary N) is 1. The lowest BCUT2D eigenvalue weighted by atomic mass is 10.5. The van der Waals surface area contributed by atoms with Crippen LogP contribution in [-0.2, 0) is 28.5 Å². The number of nitrogens with two attached hydrogens (primary N) is 1. The fourth-order valence-electron chi connectivity index (χ4n) is 1.24. The molecule has 8 heteroatoms. The average Bonchev–Trinajstić information content (AvgIpc) is 2.44. The average molecular weight is 306 g/mol. The molecule has 0 fully saturated rings. The van der Waals surface area contributed by atoms with Gasteiger partial charge in [-0.05, 0) is 6.42 Å². The van der Waals surface area contributed by atoms with E-state index < -0.39 is 5.91 Å². The molecule has 0 rings (SSSR count). The summed E-state index contributed by atoms with van der Waals surface area (Å²) in [4.78, 5) is 21.6. The van der Waals surface area contributed by atoms with Gasteiger partial charge in [0.25, 0.3) is 0 Å². The summed E-state index contributed by atoms with van der Waals surface area (Å²) in [6, 6.07) is 0. The number of amides is 2. The monoisotopic (exact) mass is 306 g/mol. The normalized spacial score (nSPS) is 10.5. The van der Waals surface area contributed by atoms with E-state index in [2.05, 4.69) is 12.2 Å². The van der Waals surface area contributed by atoms with Gasteiger partial charge in [-0.15, -0.1) is 0 Å². The molecule has 0 atom stereocenters. The Morgan fingerprint density at radius 1 is 0.857 bits per heavy atom. The third-order valence-corrected chi connectivity index (χ3v) is 2.14. The molecule has 0 saturated carbocycles. The van der Waals surface area contributed by atoms with Crippen LogP contribution < -0.4 is 11.1 Å². The van der Waals surface area contributed by atoms with E-state index in [4.69, 9.17) is 24.7 Å². The molecule has 0 aromatic rings. The molecule has 0 aromatic heterocycles. The minimum absolute atomic E-state index is 0.191. The van der Waals surface area contributed by atoms with Crippen molar-refractivity contribution in [3.8, 4) is 0 Å². The van der Waals surface area contributed by atoms with Crippen molar-refractivity contribution in [1.29, 1.82) is 0 Å². The quantitative estimate of drug-likeness (QED) is 0.378. The Balaban J connectivity index is 3.14. The highest BCUT2D eigenvalue weighted by Gasteiger charge is 2.01. The second-order valence-electron chi connectivity index (χ2n) is 4.15. The molecule has 21 heavy (non-hydrogen) atoms. The van der Waals surface area contributed by atoms with Crippen LogP contribution >= 0.6 is 0 Å². The van der Waals surface area contributed by atoms with Crippen LogP contribution in [0, 0.1) is 0 Å². The molecule has 0 aliphatic heterocycles. The van der Waals surface area contributed by atoms with Crippen molar-refractivity contribution in [3.63, 3.8) is 0 Å². The Morgan fingerprint density at radius 2 is 1.43 bits per heavy atom. The summed E-state index contributed by atoms with van der Waals surface area (Å²) in [7, 11) is 0. The first-order chi connectivity index (χ1) is 10.2. The van der Waals surface area contributed by atoms with Gasteiger partial charge in [0.2, 0.25) is 11.8 Å². The van der Waals surface area contributed by atoms with Crippen LogP contribution in [0.5, 0.6) is 0 Å². The molecule has 2 amide bonds. The van der Waals surface area contributed by atoms with Gasteiger partial charge in [0.1, 0.15) is 13.2 Å². The lowest BCUT2D eigenvalue weighted by molar-refractivity contribution is -0.129. The van der Waals surface area contributed by atoms with Crippen molar-refractivity contribution in [1.82, 2.24) is 5.32 Å². The summed E-state index contributed by atoms with van der Waals surface area (Å²) < 4.78 is 20.5. The molecule has 0 bridgehead atoms. The third-order valence-electron chi connectivity index (χ3n) is 2.14. The fourth-order valence-corrected chi connectivity index (χ4v) is 1.24. The summed E-state index contributed by atoms with van der Waals surface area (Å²) in [6.45, 7) is 5.21. The third kappa shape index (κ3) is 16.7. The van der Waals surface area contributed by atoms with Gasteiger partial charge in [0.05, 0.1) is 33.0 Å². The summed E-state index contributed by atoms with van der Waals surface area (Å²) in [6.07, 6.45) is 1.00. The molecule has 0 saturated heterocycles. The van der Waals surface area contributed by atoms with Crippen LogP contribution in [0.3, 0.4) is 0 Å². The van der Waals surface area contributed by atoms with Crippen molar-refractivity contribution in [2.75, 3.05) is 59.4 Å². The lowest BCUT2D eigenvalue weighted by Gasteiger charge is -2.07. The molecule has 0 aliphatic rings. The number of primary amides is 1. The van der Waals surface area contributed by atoms with E-state index in [-0.39, 0.29) is 19.1 Å². The minimum Gasteiger partial charge on any atom is -0.379 e. The van der Waals surface area contributed by atoms with Crippen LogP contribution in [0.4, 0.5) is 0 Å². The predicted octanol–water partition coefficient (Wildman–Crippen LogP) is -0.936. The minimum atomic E-state index is -0.605. The molecule has 0 aromatic carbocycles. The lowest BCUT2D eigenvalue weighted by Crippen LogP contribution is -2.32. The molecule has 0 spiro atoms. The van der Waals surface area contributed by atoms with Crippen molar-refractivity contribution < 1.29 is 28.5 Å². The van der Waals surface area contributed by atoms with Crippen LogP contribution in [0.15, 0.2) is 0 Å². The topological polar surface area (TPSA) is 109 Å². The summed E-state index contributed by atoms with van der Waals surface area (Å²) in [5.74, 6) is -0.921. The largest absolute Gasteiger partial charge is 0.379 e. The number of ether oxygens (including phenoxy) is 4. The molecular formula is C13H26N2O6. The smallest absolute Gasteiger partial charge is 0.246 e. The Bertz CT molecular complexity index is 275. The molecule has 3 N–H and O–H groups in total. The van der Waals surface area contributed by atoms with Gasteiger partial charge < -0.3 is 30.0 Å². The molecular weight excluding hydrogens is 280 g/mol. The van der Waals surface area contributed by atoms with Gasteiger partial charge in [-0.25, -0.2) is 0 Å². The van der Waals surface area contributed by atoms with Crippen LogP contribution in [0.25, 0.3) is 0 Å².